The molecule has 0 unspecified atom stereocenters. The highest BCUT2D eigenvalue weighted by Crippen LogP contribution is 2.17. The molecule has 1 rings (SSSR count). The minimum Gasteiger partial charge on any atom is -0.492 e. The van der Waals surface area contributed by atoms with Crippen LogP contribution in [-0.4, -0.2) is 11.1 Å². The van der Waals surface area contributed by atoms with Crippen LogP contribution >= 0.6 is 0 Å². The average Bonchev–Trinajstić information content (AvgIpc) is 2.03. The highest BCUT2D eigenvalue weighted by molar-refractivity contribution is 5.41. The molecular formula is C9H10N2O. The largest absolute Gasteiger partial charge is 0.492 e. The molecule has 0 atom stereocenters. The van der Waals surface area contributed by atoms with Crippen molar-refractivity contribution in [2.45, 2.75) is 20.0 Å². The van der Waals surface area contributed by atoms with E-state index >= 15 is 0 Å². The zero-order valence-corrected chi connectivity index (χ0v) is 7.11. The smallest absolute Gasteiger partial charge is 0.273 e. The molecule has 1 heterocycles. The van der Waals surface area contributed by atoms with Crippen molar-refractivity contribution in [3.63, 3.8) is 0 Å². The second-order valence-corrected chi connectivity index (χ2v) is 2.63. The van der Waals surface area contributed by atoms with E-state index in [9.17, 15) is 0 Å². The van der Waals surface area contributed by atoms with Crippen molar-refractivity contribution < 1.29 is 4.74 Å². The number of nitrogens with zero attached hydrogens (tertiary/aromatic N) is 2. The van der Waals surface area contributed by atoms with E-state index in [4.69, 9.17) is 11.3 Å². The van der Waals surface area contributed by atoms with Gasteiger partial charge in [-0.3, -0.25) is 0 Å². The molecule has 0 bridgehead atoms. The summed E-state index contributed by atoms with van der Waals surface area (Å²) in [4.78, 5) is 7.03. The Morgan fingerprint density at radius 2 is 2.33 bits per heavy atom. The van der Waals surface area contributed by atoms with Gasteiger partial charge >= 0.3 is 0 Å². The first-order valence-corrected chi connectivity index (χ1v) is 3.72. The van der Waals surface area contributed by atoms with Gasteiger partial charge in [0.25, 0.3) is 5.82 Å². The predicted molar refractivity (Wildman–Crippen MR) is 46.3 cm³/mol. The molecule has 0 aliphatic carbocycles. The van der Waals surface area contributed by atoms with E-state index in [1.165, 1.54) is 0 Å². The Labute approximate surface area is 71.8 Å². The standard InChI is InChI=1S/C9H10N2O/c1-7(2)12-8-4-5-11-9(6-8)10-3/h4-7H,1-2H3. The summed E-state index contributed by atoms with van der Waals surface area (Å²) in [5.41, 5.74) is 0. The van der Waals surface area contributed by atoms with E-state index in [-0.39, 0.29) is 6.10 Å². The Hall–Kier alpha value is -1.56. The molecule has 0 aromatic carbocycles. The summed E-state index contributed by atoms with van der Waals surface area (Å²) in [7, 11) is 0. The molecule has 0 N–H and O–H groups in total. The molecule has 12 heavy (non-hydrogen) atoms. The lowest BCUT2D eigenvalue weighted by molar-refractivity contribution is 0.242. The molecule has 1 aromatic rings. The van der Waals surface area contributed by atoms with Crippen LogP contribution in [0, 0.1) is 6.57 Å². The normalized spacial score (nSPS) is 9.50. The monoisotopic (exact) mass is 162 g/mol. The zero-order valence-electron chi connectivity index (χ0n) is 7.11. The maximum absolute atomic E-state index is 6.73. The second kappa shape index (κ2) is 3.72. The van der Waals surface area contributed by atoms with E-state index in [0.29, 0.717) is 11.6 Å². The summed E-state index contributed by atoms with van der Waals surface area (Å²) in [6.45, 7) is 10.6. The van der Waals surface area contributed by atoms with Crippen molar-refractivity contribution in [2.75, 3.05) is 0 Å². The third-order valence-corrected chi connectivity index (χ3v) is 1.20. The highest BCUT2D eigenvalue weighted by Gasteiger charge is 1.99. The molecule has 0 radical (unpaired) electrons. The Morgan fingerprint density at radius 3 is 2.92 bits per heavy atom. The van der Waals surface area contributed by atoms with E-state index in [1.807, 2.05) is 13.8 Å². The fourth-order valence-corrected chi connectivity index (χ4v) is 0.806. The molecule has 0 aliphatic heterocycles. The van der Waals surface area contributed by atoms with Crippen LogP contribution in [-0.2, 0) is 0 Å². The molecule has 3 heteroatoms. The maximum Gasteiger partial charge on any atom is 0.273 e. The maximum atomic E-state index is 6.73. The Balaban J connectivity index is 2.81. The van der Waals surface area contributed by atoms with Crippen LogP contribution in [0.3, 0.4) is 0 Å². The van der Waals surface area contributed by atoms with Crippen LogP contribution in [0.2, 0.25) is 0 Å². The Kier molecular flexibility index (Phi) is 2.65. The SMILES string of the molecule is [C-]#[N+]c1cc(OC(C)C)ccn1. The molecule has 0 saturated carbocycles. The van der Waals surface area contributed by atoms with E-state index in [2.05, 4.69) is 9.83 Å². The topological polar surface area (TPSA) is 26.5 Å². The van der Waals surface area contributed by atoms with Crippen LogP contribution in [0.15, 0.2) is 18.3 Å². The predicted octanol–water partition coefficient (Wildman–Crippen LogP) is 2.42. The lowest BCUT2D eigenvalue weighted by Crippen LogP contribution is -2.05. The number of hydrogen-bond donors (Lipinski definition) is 0. The lowest BCUT2D eigenvalue weighted by atomic mass is 10.4. The number of aromatic nitrogens is 1. The van der Waals surface area contributed by atoms with Crippen molar-refractivity contribution in [3.05, 3.63) is 29.7 Å². The van der Waals surface area contributed by atoms with Gasteiger partial charge in [-0.05, 0) is 13.8 Å². The number of ether oxygens (including phenoxy) is 1. The van der Waals surface area contributed by atoms with Crippen molar-refractivity contribution in [1.29, 1.82) is 0 Å². The first-order valence-electron chi connectivity index (χ1n) is 3.72. The second-order valence-electron chi connectivity index (χ2n) is 2.63. The lowest BCUT2D eigenvalue weighted by Gasteiger charge is -2.08. The van der Waals surface area contributed by atoms with Crippen LogP contribution in [0.25, 0.3) is 4.85 Å². The van der Waals surface area contributed by atoms with Gasteiger partial charge in [0.1, 0.15) is 11.9 Å². The summed E-state index contributed by atoms with van der Waals surface area (Å²) in [6.07, 6.45) is 1.71. The van der Waals surface area contributed by atoms with Gasteiger partial charge in [0.15, 0.2) is 0 Å². The first-order chi connectivity index (χ1) is 5.72. The van der Waals surface area contributed by atoms with Gasteiger partial charge in [-0.25, -0.2) is 0 Å². The van der Waals surface area contributed by atoms with Gasteiger partial charge < -0.3 is 9.58 Å². The fraction of sp³-hybridized carbons (Fsp3) is 0.333. The van der Waals surface area contributed by atoms with E-state index in [1.54, 1.807) is 18.3 Å². The van der Waals surface area contributed by atoms with Gasteiger partial charge in [-0.1, -0.05) is 6.57 Å². The quantitative estimate of drug-likeness (QED) is 0.624. The van der Waals surface area contributed by atoms with Crippen LogP contribution in [0.1, 0.15) is 13.8 Å². The van der Waals surface area contributed by atoms with Gasteiger partial charge in [0.2, 0.25) is 0 Å². The minimum absolute atomic E-state index is 0.131. The molecular weight excluding hydrogens is 152 g/mol. The zero-order chi connectivity index (χ0) is 8.97. The molecule has 0 amide bonds. The summed E-state index contributed by atoms with van der Waals surface area (Å²) in [5.74, 6) is 1.07. The third kappa shape index (κ3) is 2.24. The first kappa shape index (κ1) is 8.54. The summed E-state index contributed by atoms with van der Waals surface area (Å²) >= 11 is 0. The molecule has 0 fully saturated rings. The van der Waals surface area contributed by atoms with E-state index < -0.39 is 0 Å². The summed E-state index contributed by atoms with van der Waals surface area (Å²) in [5, 5.41) is 0. The molecule has 0 aliphatic rings. The van der Waals surface area contributed by atoms with Crippen molar-refractivity contribution >= 4 is 5.82 Å². The number of hydrogen-bond acceptors (Lipinski definition) is 2. The van der Waals surface area contributed by atoms with Crippen molar-refractivity contribution in [1.82, 2.24) is 4.98 Å². The van der Waals surface area contributed by atoms with Crippen LogP contribution < -0.4 is 4.74 Å². The van der Waals surface area contributed by atoms with Crippen molar-refractivity contribution in [2.24, 2.45) is 0 Å². The van der Waals surface area contributed by atoms with Crippen molar-refractivity contribution in [3.8, 4) is 5.75 Å². The van der Waals surface area contributed by atoms with Gasteiger partial charge in [-0.2, -0.15) is 0 Å². The molecule has 3 nitrogen and oxygen atoms in total. The van der Waals surface area contributed by atoms with Crippen LogP contribution in [0.5, 0.6) is 5.75 Å². The van der Waals surface area contributed by atoms with Crippen LogP contribution in [0.4, 0.5) is 5.82 Å². The third-order valence-electron chi connectivity index (χ3n) is 1.20. The molecule has 0 saturated heterocycles. The molecule has 0 spiro atoms. The average molecular weight is 162 g/mol. The molecule has 1 aromatic heterocycles. The molecule has 62 valence electrons. The summed E-state index contributed by atoms with van der Waals surface area (Å²) < 4.78 is 5.37. The Morgan fingerprint density at radius 1 is 1.58 bits per heavy atom. The minimum atomic E-state index is 0.131. The summed E-state index contributed by atoms with van der Waals surface area (Å²) in [6, 6.07) is 3.38. The van der Waals surface area contributed by atoms with Gasteiger partial charge in [0, 0.05) is 12.1 Å². The van der Waals surface area contributed by atoms with Gasteiger partial charge in [-0.15, -0.1) is 4.98 Å². The van der Waals surface area contributed by atoms with E-state index in [0.717, 1.165) is 0 Å². The number of pyridine rings is 1. The van der Waals surface area contributed by atoms with Gasteiger partial charge in [0.05, 0.1) is 6.10 Å². The Bertz CT molecular complexity index is 302. The highest BCUT2D eigenvalue weighted by atomic mass is 16.5. The fourth-order valence-electron chi connectivity index (χ4n) is 0.806. The number of rotatable bonds is 2.